The summed E-state index contributed by atoms with van der Waals surface area (Å²) in [5.41, 5.74) is 0. The third-order valence-electron chi connectivity index (χ3n) is 2.31. The Kier molecular flexibility index (Phi) is 7.16. The molecule has 19 heavy (non-hydrogen) atoms. The van der Waals surface area contributed by atoms with E-state index in [0.29, 0.717) is 0 Å². The number of hydrogen-bond acceptors (Lipinski definition) is 4. The van der Waals surface area contributed by atoms with E-state index in [1.54, 1.807) is 0 Å². The number of carbonyl (C=O) groups excluding carboxylic acids is 2. The number of carbonyl (C=O) groups is 4. The summed E-state index contributed by atoms with van der Waals surface area (Å²) in [5, 5.41) is 21.9. The molecule has 0 saturated carbocycles. The molecule has 0 aliphatic carbocycles. The second kappa shape index (κ2) is 8.06. The van der Waals surface area contributed by atoms with E-state index >= 15 is 0 Å². The lowest BCUT2D eigenvalue weighted by Gasteiger charge is -2.17. The highest BCUT2D eigenvalue weighted by molar-refractivity contribution is 5.89. The minimum atomic E-state index is -1.24. The number of hydrogen-bond donors (Lipinski definition) is 4. The van der Waals surface area contributed by atoms with Crippen LogP contribution in [0.2, 0.25) is 0 Å². The molecule has 2 atom stereocenters. The van der Waals surface area contributed by atoms with Crippen LogP contribution in [-0.2, 0) is 19.2 Å². The van der Waals surface area contributed by atoms with E-state index in [4.69, 9.17) is 10.2 Å². The third kappa shape index (κ3) is 7.74. The summed E-state index contributed by atoms with van der Waals surface area (Å²) < 4.78 is 0. The predicted octanol–water partition coefficient (Wildman–Crippen LogP) is -0.665. The maximum absolute atomic E-state index is 11.6. The van der Waals surface area contributed by atoms with Crippen LogP contribution in [0, 0.1) is 0 Å². The van der Waals surface area contributed by atoms with E-state index in [1.165, 1.54) is 13.8 Å². The van der Waals surface area contributed by atoms with Crippen molar-refractivity contribution in [3.05, 3.63) is 0 Å². The van der Waals surface area contributed by atoms with Gasteiger partial charge in [-0.1, -0.05) is 0 Å². The maximum Gasteiger partial charge on any atom is 0.326 e. The molecule has 8 nitrogen and oxygen atoms in total. The topological polar surface area (TPSA) is 133 Å². The van der Waals surface area contributed by atoms with Gasteiger partial charge >= 0.3 is 11.9 Å². The van der Waals surface area contributed by atoms with Gasteiger partial charge in [0, 0.05) is 13.3 Å². The average Bonchev–Trinajstić information content (AvgIpc) is 2.25. The number of rotatable bonds is 8. The van der Waals surface area contributed by atoms with E-state index in [9.17, 15) is 19.2 Å². The van der Waals surface area contributed by atoms with Gasteiger partial charge in [-0.05, 0) is 19.8 Å². The summed E-state index contributed by atoms with van der Waals surface area (Å²) in [7, 11) is 0. The van der Waals surface area contributed by atoms with Crippen LogP contribution in [0.3, 0.4) is 0 Å². The van der Waals surface area contributed by atoms with Crippen LogP contribution in [-0.4, -0.2) is 46.0 Å². The van der Waals surface area contributed by atoms with E-state index in [1.807, 2.05) is 0 Å². The molecule has 0 aromatic carbocycles. The van der Waals surface area contributed by atoms with Crippen LogP contribution in [0.15, 0.2) is 0 Å². The van der Waals surface area contributed by atoms with Crippen molar-refractivity contribution < 1.29 is 29.4 Å². The van der Waals surface area contributed by atoms with Crippen LogP contribution in [0.4, 0.5) is 0 Å². The summed E-state index contributed by atoms with van der Waals surface area (Å²) in [4.78, 5) is 43.6. The van der Waals surface area contributed by atoms with Gasteiger partial charge in [0.15, 0.2) is 0 Å². The lowest BCUT2D eigenvalue weighted by atomic mass is 10.1. The molecular weight excluding hydrogens is 256 g/mol. The number of aliphatic carboxylic acids is 2. The van der Waals surface area contributed by atoms with Crippen LogP contribution >= 0.6 is 0 Å². The normalized spacial score (nSPS) is 13.2. The standard InChI is InChI=1S/C11H18N2O6/c1-6(12-7(2)14)10(17)13-8(11(18)19)4-3-5-9(15)16/h6,8H,3-5H2,1-2H3,(H,12,14)(H,13,17)(H,15,16)(H,18,19)/t6?,8-/m1/s1. The van der Waals surface area contributed by atoms with E-state index in [2.05, 4.69) is 10.6 Å². The van der Waals surface area contributed by atoms with Gasteiger partial charge in [-0.2, -0.15) is 0 Å². The molecule has 0 rings (SSSR count). The van der Waals surface area contributed by atoms with Crippen molar-refractivity contribution in [2.24, 2.45) is 0 Å². The lowest BCUT2D eigenvalue weighted by Crippen LogP contribution is -2.49. The minimum absolute atomic E-state index is 0.0141. The van der Waals surface area contributed by atoms with Gasteiger partial charge in [0.25, 0.3) is 0 Å². The first-order valence-electron chi connectivity index (χ1n) is 5.76. The zero-order chi connectivity index (χ0) is 15.0. The smallest absolute Gasteiger partial charge is 0.326 e. The van der Waals surface area contributed by atoms with Crippen molar-refractivity contribution in [1.82, 2.24) is 10.6 Å². The lowest BCUT2D eigenvalue weighted by molar-refractivity contribution is -0.143. The van der Waals surface area contributed by atoms with E-state index in [0.717, 1.165) is 0 Å². The van der Waals surface area contributed by atoms with E-state index in [-0.39, 0.29) is 19.3 Å². The summed E-state index contributed by atoms with van der Waals surface area (Å²) in [5.74, 6) is -3.30. The van der Waals surface area contributed by atoms with Gasteiger partial charge in [0.05, 0.1) is 0 Å². The summed E-state index contributed by atoms with van der Waals surface area (Å²) in [6.45, 7) is 2.66. The molecule has 0 aliphatic rings. The molecule has 0 radical (unpaired) electrons. The molecule has 0 aliphatic heterocycles. The summed E-state index contributed by atoms with van der Waals surface area (Å²) in [6, 6.07) is -2.01. The molecule has 108 valence electrons. The molecule has 4 N–H and O–H groups in total. The summed E-state index contributed by atoms with van der Waals surface area (Å²) >= 11 is 0. The average molecular weight is 274 g/mol. The number of carboxylic acid groups (broad SMARTS) is 2. The molecule has 0 aromatic heterocycles. The Morgan fingerprint density at radius 2 is 1.68 bits per heavy atom. The zero-order valence-electron chi connectivity index (χ0n) is 10.8. The SMILES string of the molecule is CC(=O)NC(C)C(=O)N[C@H](CCCC(=O)O)C(=O)O. The molecule has 0 heterocycles. The quantitative estimate of drug-likeness (QED) is 0.464. The van der Waals surface area contributed by atoms with Crippen molar-refractivity contribution >= 4 is 23.8 Å². The highest BCUT2D eigenvalue weighted by atomic mass is 16.4. The number of amides is 2. The summed E-state index contributed by atoms with van der Waals surface area (Å²) in [6.07, 6.45) is -0.0117. The molecule has 8 heteroatoms. The van der Waals surface area contributed by atoms with Crippen molar-refractivity contribution in [2.75, 3.05) is 0 Å². The van der Waals surface area contributed by atoms with Crippen LogP contribution in [0.25, 0.3) is 0 Å². The fourth-order valence-corrected chi connectivity index (χ4v) is 1.38. The molecule has 0 bridgehead atoms. The largest absolute Gasteiger partial charge is 0.481 e. The Morgan fingerprint density at radius 1 is 1.11 bits per heavy atom. The third-order valence-corrected chi connectivity index (χ3v) is 2.31. The minimum Gasteiger partial charge on any atom is -0.481 e. The van der Waals surface area contributed by atoms with Crippen molar-refractivity contribution in [3.8, 4) is 0 Å². The monoisotopic (exact) mass is 274 g/mol. The first kappa shape index (κ1) is 16.9. The molecule has 0 saturated heterocycles. The van der Waals surface area contributed by atoms with Gasteiger partial charge in [-0.3, -0.25) is 14.4 Å². The Labute approximate surface area is 110 Å². The molecule has 0 fully saturated rings. The first-order chi connectivity index (χ1) is 8.73. The fraction of sp³-hybridized carbons (Fsp3) is 0.636. The molecule has 2 amide bonds. The van der Waals surface area contributed by atoms with Crippen LogP contribution in [0.5, 0.6) is 0 Å². The number of nitrogens with one attached hydrogen (secondary N) is 2. The molecule has 1 unspecified atom stereocenters. The Balaban J connectivity index is 4.33. The molecule has 0 aromatic rings. The highest BCUT2D eigenvalue weighted by Gasteiger charge is 2.23. The van der Waals surface area contributed by atoms with Crippen LogP contribution in [0.1, 0.15) is 33.1 Å². The second-order valence-corrected chi connectivity index (χ2v) is 4.11. The zero-order valence-corrected chi connectivity index (χ0v) is 10.8. The van der Waals surface area contributed by atoms with Crippen LogP contribution < -0.4 is 10.6 Å². The van der Waals surface area contributed by atoms with Gasteiger partial charge in [-0.25, -0.2) is 4.79 Å². The van der Waals surface area contributed by atoms with Crippen molar-refractivity contribution in [3.63, 3.8) is 0 Å². The van der Waals surface area contributed by atoms with Gasteiger partial charge in [0.2, 0.25) is 11.8 Å². The second-order valence-electron chi connectivity index (χ2n) is 4.11. The van der Waals surface area contributed by atoms with Gasteiger partial charge in [0.1, 0.15) is 12.1 Å². The Hall–Kier alpha value is -2.12. The predicted molar refractivity (Wildman–Crippen MR) is 64.3 cm³/mol. The molecular formula is C11H18N2O6. The first-order valence-corrected chi connectivity index (χ1v) is 5.76. The molecule has 0 spiro atoms. The van der Waals surface area contributed by atoms with Gasteiger partial charge in [-0.15, -0.1) is 0 Å². The van der Waals surface area contributed by atoms with E-state index < -0.39 is 35.8 Å². The van der Waals surface area contributed by atoms with Crippen molar-refractivity contribution in [1.29, 1.82) is 0 Å². The number of carboxylic acids is 2. The highest BCUT2D eigenvalue weighted by Crippen LogP contribution is 2.02. The maximum atomic E-state index is 11.6. The fourth-order valence-electron chi connectivity index (χ4n) is 1.38. The Morgan fingerprint density at radius 3 is 2.11 bits per heavy atom. The van der Waals surface area contributed by atoms with Crippen molar-refractivity contribution in [2.45, 2.75) is 45.2 Å². The Bertz CT molecular complexity index is 368. The van der Waals surface area contributed by atoms with Gasteiger partial charge < -0.3 is 20.8 Å².